The summed E-state index contributed by atoms with van der Waals surface area (Å²) in [6.07, 6.45) is 0. The van der Waals surface area contributed by atoms with Gasteiger partial charge >= 0.3 is 5.69 Å². The molecule has 0 aliphatic heterocycles. The lowest BCUT2D eigenvalue weighted by molar-refractivity contribution is -0.386. The van der Waals surface area contributed by atoms with Crippen molar-refractivity contribution in [2.45, 2.75) is 4.90 Å². The summed E-state index contributed by atoms with van der Waals surface area (Å²) in [5, 5.41) is 10.5. The summed E-state index contributed by atoms with van der Waals surface area (Å²) in [4.78, 5) is 9.64. The van der Waals surface area contributed by atoms with Crippen LogP contribution in [-0.4, -0.2) is 20.8 Å². The second kappa shape index (κ2) is 4.16. The lowest BCUT2D eigenvalue weighted by Crippen LogP contribution is -1.96. The molecule has 14 heavy (non-hydrogen) atoms. The number of nitro benzene ring substituents is 1. The molecule has 0 N–H and O–H groups in total. The Bertz CT molecular complexity index is 392. The zero-order valence-electron chi connectivity index (χ0n) is 7.13. The fourth-order valence-corrected chi connectivity index (χ4v) is 1.30. The van der Waals surface area contributed by atoms with E-state index in [1.807, 2.05) is 0 Å². The molecule has 0 amide bonds. The maximum atomic E-state index is 10.5. The number of nitro groups is 1. The first-order chi connectivity index (χ1) is 6.56. The Kier molecular flexibility index (Phi) is 3.15. The topological polar surface area (TPSA) is 92.5 Å². The van der Waals surface area contributed by atoms with Gasteiger partial charge in [-0.15, -0.1) is 0 Å². The average molecular weight is 216 g/mol. The number of rotatable bonds is 3. The van der Waals surface area contributed by atoms with E-state index in [1.54, 1.807) is 0 Å². The second-order valence-electron chi connectivity index (χ2n) is 2.33. The van der Waals surface area contributed by atoms with Crippen LogP contribution in [0.15, 0.2) is 23.1 Å². The van der Waals surface area contributed by atoms with Crippen molar-refractivity contribution in [3.8, 4) is 5.75 Å². The highest BCUT2D eigenvalue weighted by Crippen LogP contribution is 2.28. The van der Waals surface area contributed by atoms with Crippen LogP contribution in [0, 0.1) is 10.1 Å². The van der Waals surface area contributed by atoms with Gasteiger partial charge in [-0.2, -0.15) is 0 Å². The molecule has 0 saturated carbocycles. The molecule has 1 aromatic rings. The maximum Gasteiger partial charge on any atom is 0.312 e. The van der Waals surface area contributed by atoms with E-state index in [4.69, 9.17) is 4.74 Å². The molecule has 0 saturated heterocycles. The number of methoxy groups -OCH3 is 1. The Morgan fingerprint density at radius 1 is 1.50 bits per heavy atom. The Labute approximate surface area is 81.9 Å². The summed E-state index contributed by atoms with van der Waals surface area (Å²) in [5.41, 5.74) is -0.366. The molecular formula is C7H6NO5S-. The summed E-state index contributed by atoms with van der Waals surface area (Å²) < 4.78 is 25.7. The molecular weight excluding hydrogens is 210 g/mol. The summed E-state index contributed by atoms with van der Waals surface area (Å²) in [7, 11) is 1.27. The van der Waals surface area contributed by atoms with Crippen LogP contribution in [0.4, 0.5) is 5.69 Å². The van der Waals surface area contributed by atoms with Gasteiger partial charge in [-0.3, -0.25) is 14.3 Å². The minimum absolute atomic E-state index is 0.0317. The first-order valence-electron chi connectivity index (χ1n) is 3.48. The van der Waals surface area contributed by atoms with Crippen LogP contribution in [-0.2, 0) is 11.1 Å². The molecule has 1 rings (SSSR count). The monoisotopic (exact) mass is 216 g/mol. The van der Waals surface area contributed by atoms with E-state index in [0.717, 1.165) is 6.07 Å². The number of hydrogen-bond donors (Lipinski definition) is 0. The quantitative estimate of drug-likeness (QED) is 0.424. The van der Waals surface area contributed by atoms with Gasteiger partial charge in [0.25, 0.3) is 0 Å². The molecule has 0 aliphatic carbocycles. The van der Waals surface area contributed by atoms with Crippen molar-refractivity contribution in [2.24, 2.45) is 0 Å². The normalized spacial score (nSPS) is 12.1. The Balaban J connectivity index is 3.27. The summed E-state index contributed by atoms with van der Waals surface area (Å²) in [6, 6.07) is 3.42. The molecule has 76 valence electrons. The number of hydrogen-bond acceptors (Lipinski definition) is 5. The van der Waals surface area contributed by atoms with Gasteiger partial charge in [0.15, 0.2) is 5.75 Å². The van der Waals surface area contributed by atoms with Gasteiger partial charge in [0.1, 0.15) is 0 Å². The van der Waals surface area contributed by atoms with E-state index < -0.39 is 16.0 Å². The summed E-state index contributed by atoms with van der Waals surface area (Å²) in [6.45, 7) is 0. The highest BCUT2D eigenvalue weighted by molar-refractivity contribution is 7.79. The van der Waals surface area contributed by atoms with Crippen LogP contribution < -0.4 is 4.74 Å². The van der Waals surface area contributed by atoms with Gasteiger partial charge < -0.3 is 9.29 Å². The average Bonchev–Trinajstić information content (AvgIpc) is 2.16. The van der Waals surface area contributed by atoms with Gasteiger partial charge in [-0.1, -0.05) is 0 Å². The highest BCUT2D eigenvalue weighted by Gasteiger charge is 2.14. The third kappa shape index (κ3) is 2.06. The molecule has 0 fully saturated rings. The van der Waals surface area contributed by atoms with E-state index >= 15 is 0 Å². The molecule has 0 aliphatic rings. The zero-order chi connectivity index (χ0) is 10.7. The van der Waals surface area contributed by atoms with Crippen molar-refractivity contribution in [1.29, 1.82) is 0 Å². The SMILES string of the molecule is COc1ccc(S(=O)[O-])cc1[N+](=O)[O-]. The van der Waals surface area contributed by atoms with Crippen LogP contribution in [0.5, 0.6) is 5.75 Å². The predicted octanol–water partition coefficient (Wildman–Crippen LogP) is 0.841. The molecule has 0 heterocycles. The zero-order valence-corrected chi connectivity index (χ0v) is 7.95. The third-order valence-corrected chi connectivity index (χ3v) is 2.18. The van der Waals surface area contributed by atoms with Crippen molar-refractivity contribution < 1.29 is 18.4 Å². The molecule has 6 nitrogen and oxygen atoms in total. The molecule has 1 unspecified atom stereocenters. The minimum Gasteiger partial charge on any atom is -0.768 e. The van der Waals surface area contributed by atoms with Crippen molar-refractivity contribution in [3.05, 3.63) is 28.3 Å². The summed E-state index contributed by atoms with van der Waals surface area (Å²) >= 11 is -2.48. The van der Waals surface area contributed by atoms with E-state index in [0.29, 0.717) is 0 Å². The van der Waals surface area contributed by atoms with Gasteiger partial charge in [-0.05, 0) is 23.2 Å². The van der Waals surface area contributed by atoms with Gasteiger partial charge in [0, 0.05) is 11.0 Å². The fourth-order valence-electron chi connectivity index (χ4n) is 0.916. The Morgan fingerprint density at radius 3 is 2.57 bits per heavy atom. The molecule has 1 atom stereocenters. The van der Waals surface area contributed by atoms with Gasteiger partial charge in [-0.25, -0.2) is 0 Å². The van der Waals surface area contributed by atoms with Crippen molar-refractivity contribution in [1.82, 2.24) is 0 Å². The smallest absolute Gasteiger partial charge is 0.312 e. The van der Waals surface area contributed by atoms with Crippen LogP contribution in [0.3, 0.4) is 0 Å². The van der Waals surface area contributed by atoms with E-state index in [9.17, 15) is 18.9 Å². The lowest BCUT2D eigenvalue weighted by atomic mass is 10.3. The molecule has 0 aromatic heterocycles. The summed E-state index contributed by atoms with van der Waals surface area (Å²) in [5.74, 6) is 0.0317. The maximum absolute atomic E-state index is 10.5. The lowest BCUT2D eigenvalue weighted by Gasteiger charge is -2.06. The van der Waals surface area contributed by atoms with E-state index in [2.05, 4.69) is 0 Å². The second-order valence-corrected chi connectivity index (χ2v) is 3.27. The predicted molar refractivity (Wildman–Crippen MR) is 46.8 cm³/mol. The molecule has 7 heteroatoms. The largest absolute Gasteiger partial charge is 0.768 e. The molecule has 0 radical (unpaired) electrons. The molecule has 0 spiro atoms. The highest BCUT2D eigenvalue weighted by atomic mass is 32.2. The van der Waals surface area contributed by atoms with Crippen LogP contribution in [0.25, 0.3) is 0 Å². The number of nitrogens with zero attached hydrogens (tertiary/aromatic N) is 1. The first kappa shape index (κ1) is 10.6. The van der Waals surface area contributed by atoms with Crippen LogP contribution >= 0.6 is 0 Å². The fraction of sp³-hybridized carbons (Fsp3) is 0.143. The minimum atomic E-state index is -2.48. The Morgan fingerprint density at radius 2 is 2.14 bits per heavy atom. The van der Waals surface area contributed by atoms with Crippen molar-refractivity contribution in [2.75, 3.05) is 7.11 Å². The van der Waals surface area contributed by atoms with Crippen molar-refractivity contribution >= 4 is 16.8 Å². The standard InChI is InChI=1S/C7H7NO5S/c1-13-7-3-2-5(14(11)12)4-6(7)8(9)10/h2-4H,1H3,(H,11,12)/p-1. The third-order valence-electron chi connectivity index (χ3n) is 1.54. The van der Waals surface area contributed by atoms with Crippen LogP contribution in [0.2, 0.25) is 0 Å². The first-order valence-corrected chi connectivity index (χ1v) is 4.55. The van der Waals surface area contributed by atoms with E-state index in [-0.39, 0.29) is 16.3 Å². The molecule has 1 aromatic carbocycles. The van der Waals surface area contributed by atoms with Crippen LogP contribution in [0.1, 0.15) is 0 Å². The number of ether oxygens (including phenoxy) is 1. The Hall–Kier alpha value is -1.47. The van der Waals surface area contributed by atoms with Gasteiger partial charge in [0.2, 0.25) is 0 Å². The molecule has 0 bridgehead atoms. The van der Waals surface area contributed by atoms with Gasteiger partial charge in [0.05, 0.1) is 12.0 Å². The number of benzene rings is 1. The van der Waals surface area contributed by atoms with E-state index in [1.165, 1.54) is 19.2 Å². The van der Waals surface area contributed by atoms with Crippen molar-refractivity contribution in [3.63, 3.8) is 0 Å².